The number of ether oxygens (including phenoxy) is 1. The molecule has 0 saturated carbocycles. The maximum atomic E-state index is 13.1. The second-order valence-electron chi connectivity index (χ2n) is 9.86. The van der Waals surface area contributed by atoms with Gasteiger partial charge in [-0.05, 0) is 53.6 Å². The third-order valence-electron chi connectivity index (χ3n) is 7.15. The van der Waals surface area contributed by atoms with Crippen molar-refractivity contribution in [2.45, 2.75) is 38.1 Å². The van der Waals surface area contributed by atoms with E-state index in [-0.39, 0.29) is 36.0 Å². The minimum Gasteiger partial charge on any atom is -0.449 e. The third-order valence-corrected chi connectivity index (χ3v) is 7.15. The van der Waals surface area contributed by atoms with Crippen LogP contribution in [0.3, 0.4) is 0 Å². The fourth-order valence-electron chi connectivity index (χ4n) is 5.17. The first-order valence-corrected chi connectivity index (χ1v) is 13.4. The molecule has 3 aromatic carbocycles. The van der Waals surface area contributed by atoms with Crippen LogP contribution in [0.1, 0.15) is 63.9 Å². The van der Waals surface area contributed by atoms with Gasteiger partial charge in [-0.25, -0.2) is 9.59 Å². The van der Waals surface area contributed by atoms with E-state index in [0.29, 0.717) is 24.4 Å². The Balaban J connectivity index is 1.24. The number of fused-ring (bicyclic) bond motifs is 4. The van der Waals surface area contributed by atoms with Gasteiger partial charge in [0.2, 0.25) is 5.91 Å². The van der Waals surface area contributed by atoms with Crippen molar-refractivity contribution >= 4 is 29.8 Å². The van der Waals surface area contributed by atoms with Crippen LogP contribution in [0.25, 0.3) is 11.1 Å². The molecule has 3 aromatic rings. The largest absolute Gasteiger partial charge is 0.449 e. The van der Waals surface area contributed by atoms with Crippen molar-refractivity contribution in [1.82, 2.24) is 15.7 Å². The number of rotatable bonds is 10. The first-order valence-electron chi connectivity index (χ1n) is 13.4. The predicted molar refractivity (Wildman–Crippen MR) is 148 cm³/mol. The van der Waals surface area contributed by atoms with Crippen LogP contribution in [0.4, 0.5) is 4.79 Å². The van der Waals surface area contributed by atoms with Crippen LogP contribution in [-0.2, 0) is 19.2 Å². The van der Waals surface area contributed by atoms with Crippen LogP contribution in [0.15, 0.2) is 72.8 Å². The zero-order chi connectivity index (χ0) is 28.9. The van der Waals surface area contributed by atoms with E-state index in [1.807, 2.05) is 48.5 Å². The maximum absolute atomic E-state index is 13.1. The highest BCUT2D eigenvalue weighted by Gasteiger charge is 2.40. The van der Waals surface area contributed by atoms with E-state index in [0.717, 1.165) is 22.3 Å². The number of carbonyl (C=O) groups is 5. The minimum atomic E-state index is -1.20. The van der Waals surface area contributed by atoms with Gasteiger partial charge in [-0.1, -0.05) is 65.7 Å². The lowest BCUT2D eigenvalue weighted by atomic mass is 9.98. The number of carbonyl (C=O) groups excluding carboxylic acids is 5. The van der Waals surface area contributed by atoms with Crippen molar-refractivity contribution < 1.29 is 33.5 Å². The summed E-state index contributed by atoms with van der Waals surface area (Å²) in [4.78, 5) is 67.8. The van der Waals surface area contributed by atoms with Crippen LogP contribution < -0.4 is 10.6 Å². The van der Waals surface area contributed by atoms with E-state index >= 15 is 0 Å². The fraction of sp³-hybridized carbons (Fsp3) is 0.258. The van der Waals surface area contributed by atoms with Gasteiger partial charge in [-0.2, -0.15) is 0 Å². The van der Waals surface area contributed by atoms with Gasteiger partial charge in [0, 0.05) is 19.4 Å². The molecule has 2 N–H and O–H groups in total. The smallest absolute Gasteiger partial charge is 0.407 e. The number of hydroxylamine groups is 2. The van der Waals surface area contributed by atoms with Crippen molar-refractivity contribution in [3.8, 4) is 11.1 Å². The molecule has 1 aliphatic heterocycles. The summed E-state index contributed by atoms with van der Waals surface area (Å²) in [5.41, 5.74) is 4.50. The number of benzene rings is 3. The molecule has 0 fully saturated rings. The lowest BCUT2D eigenvalue weighted by Crippen LogP contribution is -2.46. The number of unbranched alkanes of at least 4 members (excludes halogenated alkanes) is 1. The SMILES string of the molecule is CC(=O)NCCCC[C@H](NC(=O)OCC1c2ccccc2-c2ccccc21)C(=O)ON1C(=O)c2ccccc2C1=O. The molecular weight excluding hydrogens is 526 g/mol. The monoisotopic (exact) mass is 555 g/mol. The summed E-state index contributed by atoms with van der Waals surface area (Å²) in [5, 5.41) is 5.63. The Labute approximate surface area is 236 Å². The molecule has 0 radical (unpaired) electrons. The van der Waals surface area contributed by atoms with Crippen molar-refractivity contribution in [2.75, 3.05) is 13.2 Å². The number of hydrogen-bond donors (Lipinski definition) is 2. The summed E-state index contributed by atoms with van der Waals surface area (Å²) in [5.74, 6) is -2.85. The first kappa shape index (κ1) is 27.6. The molecule has 4 amide bonds. The van der Waals surface area contributed by atoms with Gasteiger partial charge in [0.15, 0.2) is 0 Å². The summed E-state index contributed by atoms with van der Waals surface area (Å²) in [6, 6.07) is 20.8. The van der Waals surface area contributed by atoms with Gasteiger partial charge in [0.1, 0.15) is 12.6 Å². The summed E-state index contributed by atoms with van der Waals surface area (Å²) < 4.78 is 5.58. The van der Waals surface area contributed by atoms with Gasteiger partial charge in [-0.3, -0.25) is 14.4 Å². The molecule has 1 heterocycles. The van der Waals surface area contributed by atoms with E-state index in [4.69, 9.17) is 9.57 Å². The van der Waals surface area contributed by atoms with E-state index in [1.165, 1.54) is 19.1 Å². The fourth-order valence-corrected chi connectivity index (χ4v) is 5.17. The van der Waals surface area contributed by atoms with Crippen LogP contribution in [0.5, 0.6) is 0 Å². The normalized spacial score (nSPS) is 14.1. The highest BCUT2D eigenvalue weighted by molar-refractivity contribution is 6.21. The molecule has 0 unspecified atom stereocenters. The Bertz CT molecular complexity index is 1440. The van der Waals surface area contributed by atoms with Gasteiger partial charge in [0.05, 0.1) is 11.1 Å². The summed E-state index contributed by atoms with van der Waals surface area (Å²) in [6.45, 7) is 1.84. The molecular formula is C31H29N3O7. The molecule has 0 spiro atoms. The lowest BCUT2D eigenvalue weighted by Gasteiger charge is -2.21. The summed E-state index contributed by atoms with van der Waals surface area (Å²) >= 11 is 0. The first-order chi connectivity index (χ1) is 19.8. The molecule has 10 heteroatoms. The Hall–Kier alpha value is -4.99. The second-order valence-corrected chi connectivity index (χ2v) is 9.86. The second kappa shape index (κ2) is 12.0. The Morgan fingerprint density at radius 2 is 1.34 bits per heavy atom. The molecule has 5 rings (SSSR count). The van der Waals surface area contributed by atoms with E-state index in [2.05, 4.69) is 10.6 Å². The lowest BCUT2D eigenvalue weighted by molar-refractivity contribution is -0.171. The van der Waals surface area contributed by atoms with Crippen molar-refractivity contribution in [3.63, 3.8) is 0 Å². The highest BCUT2D eigenvalue weighted by Crippen LogP contribution is 2.44. The van der Waals surface area contributed by atoms with Crippen LogP contribution in [-0.4, -0.2) is 54.0 Å². The van der Waals surface area contributed by atoms with Gasteiger partial charge < -0.3 is 20.2 Å². The number of nitrogens with zero attached hydrogens (tertiary/aromatic N) is 1. The molecule has 0 saturated heterocycles. The van der Waals surface area contributed by atoms with Gasteiger partial charge >= 0.3 is 12.1 Å². The maximum Gasteiger partial charge on any atom is 0.407 e. The zero-order valence-corrected chi connectivity index (χ0v) is 22.4. The topological polar surface area (TPSA) is 131 Å². The Morgan fingerprint density at radius 1 is 0.805 bits per heavy atom. The number of nitrogens with one attached hydrogen (secondary N) is 2. The van der Waals surface area contributed by atoms with Gasteiger partial charge in [-0.15, -0.1) is 0 Å². The minimum absolute atomic E-state index is 0.0442. The molecule has 0 aromatic heterocycles. The average Bonchev–Trinajstić information content (AvgIpc) is 3.42. The molecule has 1 atom stereocenters. The molecule has 0 bridgehead atoms. The van der Waals surface area contributed by atoms with Crippen LogP contribution in [0, 0.1) is 0 Å². The number of hydrogen-bond acceptors (Lipinski definition) is 7. The standard InChI is InChI=1S/C31H29N3O7/c1-19(35)32-17-9-8-16-27(30(38)41-34-28(36)24-14-6-7-15-25(24)29(34)37)33-31(39)40-18-26-22-12-4-2-10-20(22)21-11-3-5-13-23(21)26/h2-7,10-15,26-27H,8-9,16-18H2,1H3,(H,32,35)(H,33,39)/t27-/m0/s1. The Morgan fingerprint density at radius 3 is 1.90 bits per heavy atom. The van der Waals surface area contributed by atoms with Crippen LogP contribution in [0.2, 0.25) is 0 Å². The van der Waals surface area contributed by atoms with Crippen molar-refractivity contribution in [1.29, 1.82) is 0 Å². The van der Waals surface area contributed by atoms with E-state index in [9.17, 15) is 24.0 Å². The molecule has 10 nitrogen and oxygen atoms in total. The van der Waals surface area contributed by atoms with E-state index < -0.39 is 29.9 Å². The molecule has 41 heavy (non-hydrogen) atoms. The van der Waals surface area contributed by atoms with E-state index in [1.54, 1.807) is 12.1 Å². The quantitative estimate of drug-likeness (QED) is 0.286. The average molecular weight is 556 g/mol. The number of alkyl carbamates (subject to hydrolysis) is 1. The Kier molecular flexibility index (Phi) is 8.09. The molecule has 2 aliphatic rings. The summed E-state index contributed by atoms with van der Waals surface area (Å²) in [7, 11) is 0. The van der Waals surface area contributed by atoms with Crippen molar-refractivity contribution in [2.24, 2.45) is 0 Å². The highest BCUT2D eigenvalue weighted by atomic mass is 16.7. The summed E-state index contributed by atoms with van der Waals surface area (Å²) in [6.07, 6.45) is 0.262. The van der Waals surface area contributed by atoms with Crippen molar-refractivity contribution in [3.05, 3.63) is 95.1 Å². The molecule has 210 valence electrons. The third kappa shape index (κ3) is 5.81. The van der Waals surface area contributed by atoms with Crippen LogP contribution >= 0.6 is 0 Å². The molecule has 1 aliphatic carbocycles. The van der Waals surface area contributed by atoms with Gasteiger partial charge in [0.25, 0.3) is 11.8 Å². The predicted octanol–water partition coefficient (Wildman–Crippen LogP) is 3.95. The number of imide groups is 1. The zero-order valence-electron chi connectivity index (χ0n) is 22.4. The number of amides is 4.